The number of benzene rings is 1. The minimum atomic E-state index is -2.50. The summed E-state index contributed by atoms with van der Waals surface area (Å²) in [5, 5.41) is 2.86. The minimum Gasteiger partial charge on any atom is -0.488 e. The molecule has 0 atom stereocenters. The predicted molar refractivity (Wildman–Crippen MR) is 83.9 cm³/mol. The molecule has 7 heteroatoms. The lowest BCUT2D eigenvalue weighted by Crippen LogP contribution is -2.51. The fourth-order valence-electron chi connectivity index (χ4n) is 2.46. The van der Waals surface area contributed by atoms with Crippen molar-refractivity contribution >= 4 is 6.03 Å². The Balaban J connectivity index is 1.79. The number of amides is 2. The van der Waals surface area contributed by atoms with Gasteiger partial charge in [-0.25, -0.2) is 13.6 Å². The molecule has 0 spiro atoms. The average Bonchev–Trinajstić information content (AvgIpc) is 2.58. The van der Waals surface area contributed by atoms with Gasteiger partial charge in [0.15, 0.2) is 0 Å². The van der Waals surface area contributed by atoms with Crippen molar-refractivity contribution in [1.82, 2.24) is 15.1 Å². The zero-order chi connectivity index (χ0) is 16.7. The van der Waals surface area contributed by atoms with E-state index >= 15 is 0 Å². The number of ether oxygens (including phenoxy) is 1. The van der Waals surface area contributed by atoms with Crippen molar-refractivity contribution in [1.29, 1.82) is 0 Å². The Bertz CT molecular complexity index is 506. The fraction of sp³-hybridized carbons (Fsp3) is 0.562. The van der Waals surface area contributed by atoms with E-state index in [-0.39, 0.29) is 6.03 Å². The van der Waals surface area contributed by atoms with Gasteiger partial charge >= 0.3 is 6.03 Å². The Morgan fingerprint density at radius 2 is 2.04 bits per heavy atom. The largest absolute Gasteiger partial charge is 0.488 e. The highest BCUT2D eigenvalue weighted by atomic mass is 19.3. The predicted octanol–water partition coefficient (Wildman–Crippen LogP) is 2.18. The first-order valence-corrected chi connectivity index (χ1v) is 7.83. The van der Waals surface area contributed by atoms with Crippen molar-refractivity contribution in [3.05, 3.63) is 29.8 Å². The molecule has 1 saturated heterocycles. The number of likely N-dealkylation sites (N-methyl/N-ethyl adjacent to an activating group) is 1. The number of rotatable bonds is 6. The van der Waals surface area contributed by atoms with Gasteiger partial charge in [0.2, 0.25) is 0 Å². The van der Waals surface area contributed by atoms with E-state index in [1.54, 1.807) is 23.1 Å². The van der Waals surface area contributed by atoms with Gasteiger partial charge in [-0.05, 0) is 24.2 Å². The van der Waals surface area contributed by atoms with Crippen LogP contribution in [0.2, 0.25) is 0 Å². The van der Waals surface area contributed by atoms with Crippen molar-refractivity contribution < 1.29 is 18.3 Å². The lowest BCUT2D eigenvalue weighted by molar-refractivity contribution is 0.0818. The number of piperazine rings is 1. The van der Waals surface area contributed by atoms with Crippen LogP contribution < -0.4 is 10.1 Å². The van der Waals surface area contributed by atoms with E-state index in [2.05, 4.69) is 17.1 Å². The molecule has 23 heavy (non-hydrogen) atoms. The Labute approximate surface area is 135 Å². The van der Waals surface area contributed by atoms with Crippen LogP contribution >= 0.6 is 0 Å². The van der Waals surface area contributed by atoms with Gasteiger partial charge in [-0.3, -0.25) is 0 Å². The maximum absolute atomic E-state index is 12.1. The molecule has 2 amide bonds. The Morgan fingerprint density at radius 1 is 1.30 bits per heavy atom. The number of urea groups is 1. The summed E-state index contributed by atoms with van der Waals surface area (Å²) in [7, 11) is 0. The number of hydrogen-bond acceptors (Lipinski definition) is 3. The van der Waals surface area contributed by atoms with Crippen molar-refractivity contribution in [3.63, 3.8) is 0 Å². The van der Waals surface area contributed by atoms with Gasteiger partial charge in [0.1, 0.15) is 12.4 Å². The van der Waals surface area contributed by atoms with Gasteiger partial charge in [0.05, 0.1) is 0 Å². The van der Waals surface area contributed by atoms with E-state index in [0.717, 1.165) is 38.3 Å². The third-order valence-electron chi connectivity index (χ3n) is 3.82. The molecule has 0 aliphatic carbocycles. The molecule has 1 N–H and O–H groups in total. The molecule has 1 aromatic carbocycles. The molecule has 0 saturated carbocycles. The average molecular weight is 327 g/mol. The second-order valence-corrected chi connectivity index (χ2v) is 5.43. The molecule has 0 aromatic heterocycles. The summed E-state index contributed by atoms with van der Waals surface area (Å²) >= 11 is 0. The van der Waals surface area contributed by atoms with Gasteiger partial charge < -0.3 is 19.9 Å². The number of nitrogens with zero attached hydrogens (tertiary/aromatic N) is 2. The smallest absolute Gasteiger partial charge is 0.317 e. The SMILES string of the molecule is CCN1CCN(C(=O)NCc2cccc(OCC(F)F)c2)CC1. The number of halogens is 2. The van der Waals surface area contributed by atoms with Crippen LogP contribution in [0.4, 0.5) is 13.6 Å². The normalized spacial score (nSPS) is 15.7. The van der Waals surface area contributed by atoms with Gasteiger partial charge in [-0.2, -0.15) is 0 Å². The standard InChI is InChI=1S/C16H23F2N3O2/c1-2-20-6-8-21(9-7-20)16(22)19-11-13-4-3-5-14(10-13)23-12-15(17)18/h3-5,10,15H,2,6-9,11-12H2,1H3,(H,19,22). The summed E-state index contributed by atoms with van der Waals surface area (Å²) in [5.74, 6) is 0.383. The molecule has 128 valence electrons. The molecule has 0 unspecified atom stereocenters. The van der Waals surface area contributed by atoms with Crippen LogP contribution in [0, 0.1) is 0 Å². The molecule has 1 fully saturated rings. The highest BCUT2D eigenvalue weighted by Gasteiger charge is 2.19. The maximum atomic E-state index is 12.1. The molecule has 2 rings (SSSR count). The summed E-state index contributed by atoms with van der Waals surface area (Å²) < 4.78 is 29.3. The van der Waals surface area contributed by atoms with Gasteiger partial charge in [0.25, 0.3) is 6.43 Å². The molecule has 1 aliphatic heterocycles. The highest BCUT2D eigenvalue weighted by Crippen LogP contribution is 2.14. The van der Waals surface area contributed by atoms with E-state index < -0.39 is 13.0 Å². The zero-order valence-corrected chi connectivity index (χ0v) is 13.3. The topological polar surface area (TPSA) is 44.8 Å². The Morgan fingerprint density at radius 3 is 2.70 bits per heavy atom. The van der Waals surface area contributed by atoms with Crippen LogP contribution in [0.15, 0.2) is 24.3 Å². The van der Waals surface area contributed by atoms with Crippen molar-refractivity contribution in [3.8, 4) is 5.75 Å². The molecule has 5 nitrogen and oxygen atoms in total. The Kier molecular flexibility index (Phi) is 6.58. The maximum Gasteiger partial charge on any atom is 0.317 e. The molecule has 0 bridgehead atoms. The summed E-state index contributed by atoms with van der Waals surface area (Å²) in [6.07, 6.45) is -2.50. The summed E-state index contributed by atoms with van der Waals surface area (Å²) in [5.41, 5.74) is 0.817. The third-order valence-corrected chi connectivity index (χ3v) is 3.82. The lowest BCUT2D eigenvalue weighted by Gasteiger charge is -2.34. The Hall–Kier alpha value is -1.89. The molecule has 0 radical (unpaired) electrons. The summed E-state index contributed by atoms with van der Waals surface area (Å²) in [6.45, 7) is 6.05. The highest BCUT2D eigenvalue weighted by molar-refractivity contribution is 5.74. The van der Waals surface area contributed by atoms with Crippen LogP contribution in [0.3, 0.4) is 0 Å². The molecule has 1 aromatic rings. The van der Waals surface area contributed by atoms with E-state index in [1.807, 2.05) is 6.07 Å². The minimum absolute atomic E-state index is 0.0975. The third kappa shape index (κ3) is 5.67. The number of carbonyl (C=O) groups excluding carboxylic acids is 1. The summed E-state index contributed by atoms with van der Waals surface area (Å²) in [4.78, 5) is 16.2. The first-order chi connectivity index (χ1) is 11.1. The number of carbonyl (C=O) groups is 1. The van der Waals surface area contributed by atoms with E-state index in [0.29, 0.717) is 12.3 Å². The van der Waals surface area contributed by atoms with Crippen LogP contribution in [0.1, 0.15) is 12.5 Å². The monoisotopic (exact) mass is 327 g/mol. The van der Waals surface area contributed by atoms with E-state index in [1.165, 1.54) is 0 Å². The zero-order valence-electron chi connectivity index (χ0n) is 13.3. The molecular weight excluding hydrogens is 304 g/mol. The van der Waals surface area contributed by atoms with E-state index in [4.69, 9.17) is 4.74 Å². The number of nitrogens with one attached hydrogen (secondary N) is 1. The van der Waals surface area contributed by atoms with Crippen LogP contribution in [-0.2, 0) is 6.54 Å². The second kappa shape index (κ2) is 8.67. The second-order valence-electron chi connectivity index (χ2n) is 5.43. The number of hydrogen-bond donors (Lipinski definition) is 1. The summed E-state index contributed by atoms with van der Waals surface area (Å²) in [6, 6.07) is 6.74. The quantitative estimate of drug-likeness (QED) is 0.871. The van der Waals surface area contributed by atoms with Crippen LogP contribution in [0.5, 0.6) is 5.75 Å². The van der Waals surface area contributed by atoms with Crippen molar-refractivity contribution in [2.75, 3.05) is 39.3 Å². The van der Waals surface area contributed by atoms with Crippen LogP contribution in [-0.4, -0.2) is 61.6 Å². The van der Waals surface area contributed by atoms with Gasteiger partial charge in [-0.1, -0.05) is 19.1 Å². The van der Waals surface area contributed by atoms with Crippen LogP contribution in [0.25, 0.3) is 0 Å². The fourth-order valence-corrected chi connectivity index (χ4v) is 2.46. The molecular formula is C16H23F2N3O2. The first-order valence-electron chi connectivity index (χ1n) is 7.83. The lowest BCUT2D eigenvalue weighted by atomic mass is 10.2. The molecule has 1 aliphatic rings. The van der Waals surface area contributed by atoms with Crippen molar-refractivity contribution in [2.24, 2.45) is 0 Å². The van der Waals surface area contributed by atoms with Gasteiger partial charge in [-0.15, -0.1) is 0 Å². The van der Waals surface area contributed by atoms with E-state index in [9.17, 15) is 13.6 Å². The van der Waals surface area contributed by atoms with Crippen molar-refractivity contribution in [2.45, 2.75) is 19.9 Å². The first kappa shape index (κ1) is 17.5. The molecule has 1 heterocycles. The number of alkyl halides is 2. The van der Waals surface area contributed by atoms with Gasteiger partial charge in [0, 0.05) is 32.7 Å².